The fraction of sp³-hybridized carbons (Fsp3) is 0.250. The Kier molecular flexibility index (Phi) is 8.37. The number of hydrogen-bond acceptors (Lipinski definition) is 4. The Morgan fingerprint density at radius 2 is 1.75 bits per heavy atom. The van der Waals surface area contributed by atoms with E-state index in [2.05, 4.69) is 15.0 Å². The molecule has 0 aliphatic rings. The number of nitrogens with one attached hydrogen (secondary N) is 2. The van der Waals surface area contributed by atoms with E-state index in [4.69, 9.17) is 11.6 Å². The zero-order chi connectivity index (χ0) is 26.7. The number of aromatic nitrogens is 1. The van der Waals surface area contributed by atoms with Crippen LogP contribution in [0.2, 0.25) is 5.02 Å². The number of alkyl halides is 3. The summed E-state index contributed by atoms with van der Waals surface area (Å²) < 4.78 is 78.8. The molecule has 0 saturated carbocycles. The topological polar surface area (TPSA) is 88.2 Å². The molecule has 3 rings (SSSR count). The summed E-state index contributed by atoms with van der Waals surface area (Å²) in [5, 5.41) is 2.96. The lowest BCUT2D eigenvalue weighted by molar-refractivity contribution is -0.141. The Balaban J connectivity index is 1.78. The number of nitrogens with zero attached hydrogens (tertiary/aromatic N) is 1. The molecular formula is C24H22ClF4N3O3S. The van der Waals surface area contributed by atoms with Crippen LogP contribution in [0.1, 0.15) is 35.2 Å². The summed E-state index contributed by atoms with van der Waals surface area (Å²) in [5.41, 5.74) is 0.0776. The van der Waals surface area contributed by atoms with Crippen molar-refractivity contribution in [2.75, 3.05) is 6.26 Å². The minimum Gasteiger partial charge on any atom is -0.351 e. The largest absolute Gasteiger partial charge is 0.433 e. The van der Waals surface area contributed by atoms with Gasteiger partial charge in [-0.1, -0.05) is 41.9 Å². The molecule has 192 valence electrons. The van der Waals surface area contributed by atoms with Crippen LogP contribution >= 0.6 is 11.6 Å². The van der Waals surface area contributed by atoms with E-state index >= 15 is 0 Å². The first-order valence-electron chi connectivity index (χ1n) is 10.6. The second kappa shape index (κ2) is 10.9. The maximum atomic E-state index is 14.4. The molecule has 1 aromatic heterocycles. The molecule has 12 heteroatoms. The van der Waals surface area contributed by atoms with Gasteiger partial charge in [-0.2, -0.15) is 13.2 Å². The van der Waals surface area contributed by atoms with Gasteiger partial charge in [0.2, 0.25) is 15.9 Å². The van der Waals surface area contributed by atoms with Gasteiger partial charge in [0, 0.05) is 29.2 Å². The molecule has 0 radical (unpaired) electrons. The SMILES string of the molecule is C[C@H](C(=O)NCc1ccc(C(F)(F)F)nc1-c1cccc(Cl)c1)c1ccc(CNS(C)(=O)=O)c(F)c1. The summed E-state index contributed by atoms with van der Waals surface area (Å²) in [4.78, 5) is 16.5. The third-order valence-corrected chi connectivity index (χ3v) is 6.22. The average molecular weight is 544 g/mol. The van der Waals surface area contributed by atoms with Crippen LogP contribution in [-0.4, -0.2) is 25.6 Å². The Morgan fingerprint density at radius 1 is 1.06 bits per heavy atom. The summed E-state index contributed by atoms with van der Waals surface area (Å²) in [5.74, 6) is -1.97. The third kappa shape index (κ3) is 7.25. The summed E-state index contributed by atoms with van der Waals surface area (Å²) in [6, 6.07) is 12.3. The zero-order valence-electron chi connectivity index (χ0n) is 19.2. The van der Waals surface area contributed by atoms with Gasteiger partial charge in [-0.15, -0.1) is 0 Å². The Hall–Kier alpha value is -3.02. The number of carbonyl (C=O) groups is 1. The standard InChI is InChI=1S/C24H22ClF4N3O3S/c1-14(15-6-7-17(20(26)11-15)13-31-36(2,34)35)23(33)30-12-18-8-9-21(24(27,28)29)32-22(18)16-4-3-5-19(25)10-16/h3-11,14,31H,12-13H2,1-2H3,(H,30,33)/t14-/m0/s1. The first kappa shape index (κ1) is 27.6. The highest BCUT2D eigenvalue weighted by molar-refractivity contribution is 7.88. The lowest BCUT2D eigenvalue weighted by Crippen LogP contribution is -2.28. The summed E-state index contributed by atoms with van der Waals surface area (Å²) >= 11 is 6.00. The van der Waals surface area contributed by atoms with Gasteiger partial charge >= 0.3 is 6.18 Å². The number of benzene rings is 2. The molecule has 0 fully saturated rings. The number of halogens is 5. The predicted octanol–water partition coefficient (Wildman–Crippen LogP) is 5.03. The number of sulfonamides is 1. The van der Waals surface area contributed by atoms with Crippen molar-refractivity contribution in [3.8, 4) is 11.3 Å². The van der Waals surface area contributed by atoms with E-state index in [1.807, 2.05) is 0 Å². The van der Waals surface area contributed by atoms with E-state index in [-0.39, 0.29) is 24.3 Å². The van der Waals surface area contributed by atoms with Crippen LogP contribution < -0.4 is 10.0 Å². The van der Waals surface area contributed by atoms with Gasteiger partial charge < -0.3 is 5.32 Å². The first-order valence-corrected chi connectivity index (χ1v) is 12.9. The molecule has 0 bridgehead atoms. The van der Waals surface area contributed by atoms with Crippen LogP contribution in [0.25, 0.3) is 11.3 Å². The molecule has 1 amide bonds. The van der Waals surface area contributed by atoms with Crippen molar-refractivity contribution in [2.45, 2.75) is 32.1 Å². The van der Waals surface area contributed by atoms with Gasteiger partial charge in [0.05, 0.1) is 17.9 Å². The van der Waals surface area contributed by atoms with Crippen molar-refractivity contribution < 1.29 is 30.8 Å². The third-order valence-electron chi connectivity index (χ3n) is 5.32. The van der Waals surface area contributed by atoms with Gasteiger partial charge in [-0.05, 0) is 42.3 Å². The summed E-state index contributed by atoms with van der Waals surface area (Å²) in [6.45, 7) is 1.18. The first-order chi connectivity index (χ1) is 16.7. The van der Waals surface area contributed by atoms with E-state index in [1.165, 1.54) is 24.3 Å². The highest BCUT2D eigenvalue weighted by atomic mass is 35.5. The maximum absolute atomic E-state index is 14.4. The lowest BCUT2D eigenvalue weighted by atomic mass is 9.98. The van der Waals surface area contributed by atoms with Gasteiger partial charge in [-0.3, -0.25) is 4.79 Å². The Labute approximate surface area is 210 Å². The molecule has 0 aliphatic heterocycles. The molecule has 2 aromatic carbocycles. The second-order valence-electron chi connectivity index (χ2n) is 8.10. The molecule has 3 aromatic rings. The monoisotopic (exact) mass is 543 g/mol. The Bertz CT molecular complexity index is 1380. The zero-order valence-corrected chi connectivity index (χ0v) is 20.7. The van der Waals surface area contributed by atoms with Crippen LogP contribution in [0, 0.1) is 5.82 Å². The normalized spacial score (nSPS) is 12.9. The van der Waals surface area contributed by atoms with Crippen LogP contribution in [-0.2, 0) is 34.1 Å². The van der Waals surface area contributed by atoms with Crippen LogP contribution in [0.5, 0.6) is 0 Å². The van der Waals surface area contributed by atoms with E-state index in [1.54, 1.807) is 25.1 Å². The van der Waals surface area contributed by atoms with Crippen molar-refractivity contribution >= 4 is 27.5 Å². The minimum atomic E-state index is -4.66. The Morgan fingerprint density at radius 3 is 2.36 bits per heavy atom. The highest BCUT2D eigenvalue weighted by Gasteiger charge is 2.33. The second-order valence-corrected chi connectivity index (χ2v) is 10.4. The van der Waals surface area contributed by atoms with Crippen molar-refractivity contribution in [1.82, 2.24) is 15.0 Å². The molecular weight excluding hydrogens is 522 g/mol. The molecule has 0 unspecified atom stereocenters. The molecule has 0 saturated heterocycles. The molecule has 36 heavy (non-hydrogen) atoms. The highest BCUT2D eigenvalue weighted by Crippen LogP contribution is 2.32. The van der Waals surface area contributed by atoms with E-state index in [0.717, 1.165) is 18.4 Å². The molecule has 6 nitrogen and oxygen atoms in total. The van der Waals surface area contributed by atoms with Crippen molar-refractivity contribution in [1.29, 1.82) is 0 Å². The molecule has 1 atom stereocenters. The van der Waals surface area contributed by atoms with Crippen molar-refractivity contribution in [3.05, 3.63) is 87.8 Å². The van der Waals surface area contributed by atoms with Crippen molar-refractivity contribution in [2.24, 2.45) is 0 Å². The van der Waals surface area contributed by atoms with E-state index in [9.17, 15) is 30.8 Å². The average Bonchev–Trinajstić information content (AvgIpc) is 2.80. The van der Waals surface area contributed by atoms with Crippen LogP contribution in [0.3, 0.4) is 0 Å². The number of carbonyl (C=O) groups excluding carboxylic acids is 1. The predicted molar refractivity (Wildman–Crippen MR) is 128 cm³/mol. The fourth-order valence-corrected chi connectivity index (χ4v) is 3.95. The fourth-order valence-electron chi connectivity index (χ4n) is 3.35. The van der Waals surface area contributed by atoms with Crippen molar-refractivity contribution in [3.63, 3.8) is 0 Å². The minimum absolute atomic E-state index is 0.0223. The van der Waals surface area contributed by atoms with Gasteiger partial charge in [0.25, 0.3) is 0 Å². The molecule has 0 aliphatic carbocycles. The number of hydrogen-bond donors (Lipinski definition) is 2. The smallest absolute Gasteiger partial charge is 0.351 e. The van der Waals surface area contributed by atoms with Gasteiger partial charge in [-0.25, -0.2) is 22.5 Å². The summed E-state index contributed by atoms with van der Waals surface area (Å²) in [7, 11) is -3.51. The molecule has 2 N–H and O–H groups in total. The van der Waals surface area contributed by atoms with E-state index in [0.29, 0.717) is 21.7 Å². The number of amides is 1. The molecule has 1 heterocycles. The van der Waals surface area contributed by atoms with Crippen LogP contribution in [0.4, 0.5) is 17.6 Å². The van der Waals surface area contributed by atoms with Gasteiger partial charge in [0.15, 0.2) is 0 Å². The number of rotatable bonds is 8. The van der Waals surface area contributed by atoms with Crippen LogP contribution in [0.15, 0.2) is 54.6 Å². The quantitative estimate of drug-likeness (QED) is 0.390. The maximum Gasteiger partial charge on any atom is 0.433 e. The van der Waals surface area contributed by atoms with Gasteiger partial charge in [0.1, 0.15) is 11.5 Å². The number of pyridine rings is 1. The van der Waals surface area contributed by atoms with E-state index < -0.39 is 39.5 Å². The lowest BCUT2D eigenvalue weighted by Gasteiger charge is -2.16. The summed E-state index contributed by atoms with van der Waals surface area (Å²) in [6.07, 6.45) is -3.70. The molecule has 0 spiro atoms.